The summed E-state index contributed by atoms with van der Waals surface area (Å²) in [6, 6.07) is 0. The largest absolute Gasteiger partial charge is 0.289 e. The van der Waals surface area contributed by atoms with Crippen LogP contribution >= 0.6 is 0 Å². The van der Waals surface area contributed by atoms with Crippen LogP contribution in [0, 0.1) is 0 Å². The van der Waals surface area contributed by atoms with Crippen LogP contribution < -0.4 is 5.43 Å². The number of hydrazine groups is 1. The number of unbranched alkanes of at least 4 members (excludes halogenated alkanes) is 6. The summed E-state index contributed by atoms with van der Waals surface area (Å²) in [5.74, 6) is 0.202. The van der Waals surface area contributed by atoms with Crippen LogP contribution in [0.5, 0.6) is 0 Å². The van der Waals surface area contributed by atoms with E-state index >= 15 is 0 Å². The summed E-state index contributed by atoms with van der Waals surface area (Å²) in [7, 11) is 0. The summed E-state index contributed by atoms with van der Waals surface area (Å²) in [5, 5.41) is 2.08. The minimum absolute atomic E-state index is 0.202. The van der Waals surface area contributed by atoms with Crippen LogP contribution in [0.25, 0.3) is 0 Å². The first-order chi connectivity index (χ1) is 9.33. The molecule has 0 aromatic carbocycles. The molecule has 0 aromatic heterocycles. The lowest BCUT2D eigenvalue weighted by Gasteiger charge is -2.26. The van der Waals surface area contributed by atoms with Gasteiger partial charge < -0.3 is 0 Å². The molecule has 1 saturated heterocycles. The molecule has 19 heavy (non-hydrogen) atoms. The predicted octanol–water partition coefficient (Wildman–Crippen LogP) is 3.81. The van der Waals surface area contributed by atoms with Crippen molar-refractivity contribution in [1.82, 2.24) is 10.4 Å². The molecule has 1 aliphatic rings. The quantitative estimate of drug-likeness (QED) is 0.482. The van der Waals surface area contributed by atoms with E-state index in [1.54, 1.807) is 0 Å². The van der Waals surface area contributed by atoms with Crippen LogP contribution in [0.3, 0.4) is 0 Å². The molecule has 1 rings (SSSR count). The van der Waals surface area contributed by atoms with E-state index in [0.29, 0.717) is 6.42 Å². The van der Waals surface area contributed by atoms with Crippen molar-refractivity contribution in [1.29, 1.82) is 0 Å². The average Bonchev–Trinajstić information content (AvgIpc) is 2.43. The smallest absolute Gasteiger partial charge is 0.234 e. The number of amides is 1. The van der Waals surface area contributed by atoms with Gasteiger partial charge in [-0.15, -0.1) is 6.58 Å². The molecule has 1 N–H and O–H groups in total. The van der Waals surface area contributed by atoms with Crippen LogP contribution in [0.15, 0.2) is 12.7 Å². The molecule has 0 radical (unpaired) electrons. The minimum atomic E-state index is 0.202. The van der Waals surface area contributed by atoms with Crippen molar-refractivity contribution in [3.63, 3.8) is 0 Å². The molecular weight excluding hydrogens is 236 g/mol. The van der Waals surface area contributed by atoms with Gasteiger partial charge in [0.1, 0.15) is 0 Å². The van der Waals surface area contributed by atoms with Gasteiger partial charge in [-0.25, -0.2) is 5.01 Å². The second-order valence-corrected chi connectivity index (χ2v) is 5.53. The van der Waals surface area contributed by atoms with Crippen molar-refractivity contribution in [2.75, 3.05) is 13.1 Å². The summed E-state index contributed by atoms with van der Waals surface area (Å²) >= 11 is 0. The maximum absolute atomic E-state index is 11.7. The fraction of sp³-hybridized carbons (Fsp3) is 0.812. The van der Waals surface area contributed by atoms with Crippen molar-refractivity contribution in [2.45, 2.75) is 70.6 Å². The Kier molecular flexibility index (Phi) is 9.42. The van der Waals surface area contributed by atoms with E-state index in [-0.39, 0.29) is 5.91 Å². The highest BCUT2D eigenvalue weighted by Gasteiger charge is 2.11. The third kappa shape index (κ3) is 8.82. The monoisotopic (exact) mass is 266 g/mol. The molecule has 1 fully saturated rings. The highest BCUT2D eigenvalue weighted by molar-refractivity contribution is 5.75. The van der Waals surface area contributed by atoms with Crippen LogP contribution in [-0.2, 0) is 4.79 Å². The Morgan fingerprint density at radius 3 is 2.32 bits per heavy atom. The molecule has 3 heteroatoms. The van der Waals surface area contributed by atoms with Gasteiger partial charge in [-0.2, -0.15) is 0 Å². The SMILES string of the molecule is C=CCCCCCCCCC(=O)NN1CCCCC1. The highest BCUT2D eigenvalue weighted by Crippen LogP contribution is 2.09. The zero-order valence-electron chi connectivity index (χ0n) is 12.3. The van der Waals surface area contributed by atoms with Gasteiger partial charge >= 0.3 is 0 Å². The number of carbonyl (C=O) groups is 1. The minimum Gasteiger partial charge on any atom is -0.289 e. The molecule has 1 heterocycles. The van der Waals surface area contributed by atoms with E-state index in [4.69, 9.17) is 0 Å². The number of piperidine rings is 1. The number of hydrogen-bond acceptors (Lipinski definition) is 2. The summed E-state index contributed by atoms with van der Waals surface area (Å²) < 4.78 is 0. The van der Waals surface area contributed by atoms with Crippen LogP contribution in [-0.4, -0.2) is 24.0 Å². The summed E-state index contributed by atoms with van der Waals surface area (Å²) in [6.45, 7) is 5.77. The number of hydrogen-bond donors (Lipinski definition) is 1. The summed E-state index contributed by atoms with van der Waals surface area (Å²) in [6.07, 6.45) is 14.9. The van der Waals surface area contributed by atoms with Gasteiger partial charge in [0, 0.05) is 19.5 Å². The van der Waals surface area contributed by atoms with Crippen molar-refractivity contribution in [3.05, 3.63) is 12.7 Å². The molecule has 0 saturated carbocycles. The van der Waals surface area contributed by atoms with Crippen molar-refractivity contribution in [3.8, 4) is 0 Å². The topological polar surface area (TPSA) is 32.3 Å². The van der Waals surface area contributed by atoms with Crippen molar-refractivity contribution in [2.24, 2.45) is 0 Å². The number of carbonyl (C=O) groups excluding carboxylic acids is 1. The standard InChI is InChI=1S/C16H30N2O/c1-2-3-4-5-6-7-8-10-13-16(19)17-18-14-11-9-12-15-18/h2H,1,3-15H2,(H,17,19). The lowest BCUT2D eigenvalue weighted by Crippen LogP contribution is -2.44. The van der Waals surface area contributed by atoms with Crippen LogP contribution in [0.1, 0.15) is 70.6 Å². The third-order valence-corrected chi connectivity index (χ3v) is 3.70. The zero-order chi connectivity index (χ0) is 13.8. The van der Waals surface area contributed by atoms with Gasteiger partial charge in [0.05, 0.1) is 0 Å². The molecule has 1 amide bonds. The van der Waals surface area contributed by atoms with Crippen LogP contribution in [0.4, 0.5) is 0 Å². The van der Waals surface area contributed by atoms with E-state index in [1.807, 2.05) is 6.08 Å². The third-order valence-electron chi connectivity index (χ3n) is 3.70. The maximum Gasteiger partial charge on any atom is 0.234 e. The average molecular weight is 266 g/mol. The summed E-state index contributed by atoms with van der Waals surface area (Å²) in [4.78, 5) is 11.7. The second kappa shape index (κ2) is 11.0. The van der Waals surface area contributed by atoms with Crippen molar-refractivity contribution < 1.29 is 4.79 Å². The van der Waals surface area contributed by atoms with E-state index in [2.05, 4.69) is 17.0 Å². The highest BCUT2D eigenvalue weighted by atomic mass is 16.2. The number of rotatable bonds is 10. The van der Waals surface area contributed by atoms with E-state index in [1.165, 1.54) is 51.4 Å². The second-order valence-electron chi connectivity index (χ2n) is 5.53. The fourth-order valence-corrected chi connectivity index (χ4v) is 2.52. The maximum atomic E-state index is 11.7. The summed E-state index contributed by atoms with van der Waals surface area (Å²) in [5.41, 5.74) is 3.02. The Morgan fingerprint density at radius 2 is 1.63 bits per heavy atom. The number of nitrogens with zero attached hydrogens (tertiary/aromatic N) is 1. The van der Waals surface area contributed by atoms with Gasteiger partial charge in [0.15, 0.2) is 0 Å². The van der Waals surface area contributed by atoms with E-state index in [0.717, 1.165) is 25.9 Å². The molecule has 0 spiro atoms. The van der Waals surface area contributed by atoms with E-state index < -0.39 is 0 Å². The molecule has 110 valence electrons. The Morgan fingerprint density at radius 1 is 1.00 bits per heavy atom. The van der Waals surface area contributed by atoms with Gasteiger partial charge in [-0.3, -0.25) is 10.2 Å². The first-order valence-electron chi connectivity index (χ1n) is 7.98. The number of nitrogens with one attached hydrogen (secondary N) is 1. The lowest BCUT2D eigenvalue weighted by atomic mass is 10.1. The first kappa shape index (κ1) is 16.2. The molecule has 0 atom stereocenters. The molecule has 1 aliphatic heterocycles. The Bertz CT molecular complexity index is 247. The Hall–Kier alpha value is -0.830. The molecule has 0 bridgehead atoms. The number of allylic oxidation sites excluding steroid dienone is 1. The lowest BCUT2D eigenvalue weighted by molar-refractivity contribution is -0.126. The van der Waals surface area contributed by atoms with Crippen molar-refractivity contribution >= 4 is 5.91 Å². The fourth-order valence-electron chi connectivity index (χ4n) is 2.52. The molecule has 0 aliphatic carbocycles. The Labute approximate surface area is 118 Å². The van der Waals surface area contributed by atoms with Crippen LogP contribution in [0.2, 0.25) is 0 Å². The van der Waals surface area contributed by atoms with Gasteiger partial charge in [0.2, 0.25) is 5.91 Å². The van der Waals surface area contributed by atoms with Gasteiger partial charge in [-0.05, 0) is 32.1 Å². The molecule has 3 nitrogen and oxygen atoms in total. The predicted molar refractivity (Wildman–Crippen MR) is 80.7 cm³/mol. The molecular formula is C16H30N2O. The normalized spacial score (nSPS) is 16.2. The van der Waals surface area contributed by atoms with Gasteiger partial charge in [0.25, 0.3) is 0 Å². The molecule has 0 aromatic rings. The Balaban J connectivity index is 1.88. The zero-order valence-corrected chi connectivity index (χ0v) is 12.3. The first-order valence-corrected chi connectivity index (χ1v) is 7.98. The van der Waals surface area contributed by atoms with E-state index in [9.17, 15) is 4.79 Å². The molecule has 0 unspecified atom stereocenters. The van der Waals surface area contributed by atoms with Gasteiger partial charge in [-0.1, -0.05) is 38.2 Å².